The number of carbonyl (C=O) groups is 3. The van der Waals surface area contributed by atoms with Crippen molar-refractivity contribution >= 4 is 17.9 Å². The third-order valence-corrected chi connectivity index (χ3v) is 4.05. The van der Waals surface area contributed by atoms with Crippen LogP contribution < -0.4 is 15.4 Å². The van der Waals surface area contributed by atoms with E-state index in [9.17, 15) is 14.4 Å². The molecule has 2 N–H and O–H groups in total. The monoisotopic (exact) mass is 398 g/mol. The molecular formula is C22H26N2O5. The van der Waals surface area contributed by atoms with E-state index < -0.39 is 24.5 Å². The largest absolute Gasteiger partial charge is 0.482 e. The summed E-state index contributed by atoms with van der Waals surface area (Å²) in [5.41, 5.74) is 2.89. The zero-order valence-electron chi connectivity index (χ0n) is 16.9. The summed E-state index contributed by atoms with van der Waals surface area (Å²) in [7, 11) is 0. The van der Waals surface area contributed by atoms with Crippen LogP contribution in [0.2, 0.25) is 0 Å². The number of carbonyl (C=O) groups excluding carboxylic acids is 3. The minimum Gasteiger partial charge on any atom is -0.482 e. The van der Waals surface area contributed by atoms with Gasteiger partial charge in [0.1, 0.15) is 5.75 Å². The number of urea groups is 1. The van der Waals surface area contributed by atoms with Crippen molar-refractivity contribution in [2.45, 2.75) is 33.2 Å². The van der Waals surface area contributed by atoms with Crippen LogP contribution in [0.25, 0.3) is 0 Å². The lowest BCUT2D eigenvalue weighted by molar-refractivity contribution is -0.150. The maximum atomic E-state index is 11.9. The molecule has 29 heavy (non-hydrogen) atoms. The first kappa shape index (κ1) is 21.9. The summed E-state index contributed by atoms with van der Waals surface area (Å²) < 4.78 is 10.4. The van der Waals surface area contributed by atoms with Crippen molar-refractivity contribution in [2.24, 2.45) is 0 Å². The summed E-state index contributed by atoms with van der Waals surface area (Å²) in [6, 6.07) is 14.4. The molecule has 7 nitrogen and oxygen atoms in total. The smallest absolute Gasteiger partial charge is 0.344 e. The van der Waals surface area contributed by atoms with Crippen LogP contribution in [-0.4, -0.2) is 31.1 Å². The number of imide groups is 1. The van der Waals surface area contributed by atoms with Gasteiger partial charge < -0.3 is 14.8 Å². The van der Waals surface area contributed by atoms with Gasteiger partial charge in [0.2, 0.25) is 0 Å². The highest BCUT2D eigenvalue weighted by Crippen LogP contribution is 2.27. The Morgan fingerprint density at radius 1 is 1.00 bits per heavy atom. The molecule has 2 aromatic rings. The second-order valence-corrected chi connectivity index (χ2v) is 6.86. The molecule has 0 fully saturated rings. The van der Waals surface area contributed by atoms with Gasteiger partial charge in [0.25, 0.3) is 5.91 Å². The lowest BCUT2D eigenvalue weighted by Gasteiger charge is -2.14. The van der Waals surface area contributed by atoms with E-state index in [4.69, 9.17) is 9.47 Å². The predicted octanol–water partition coefficient (Wildman–Crippen LogP) is 3.07. The highest BCUT2D eigenvalue weighted by atomic mass is 16.6. The lowest BCUT2D eigenvalue weighted by atomic mass is 10.0. The Bertz CT molecular complexity index is 850. The van der Waals surface area contributed by atoms with Crippen molar-refractivity contribution in [2.75, 3.05) is 13.2 Å². The van der Waals surface area contributed by atoms with E-state index in [0.29, 0.717) is 5.75 Å². The van der Waals surface area contributed by atoms with Crippen molar-refractivity contribution in [3.63, 3.8) is 0 Å². The number of aryl methyl sites for hydroxylation is 1. The molecule has 154 valence electrons. The number of hydrogen-bond acceptors (Lipinski definition) is 5. The van der Waals surface area contributed by atoms with Gasteiger partial charge in [-0.3, -0.25) is 10.1 Å². The third-order valence-electron chi connectivity index (χ3n) is 4.05. The minimum atomic E-state index is -0.720. The van der Waals surface area contributed by atoms with Gasteiger partial charge in [0.15, 0.2) is 13.2 Å². The summed E-state index contributed by atoms with van der Waals surface area (Å²) in [5, 5.41) is 4.65. The highest BCUT2D eigenvalue weighted by molar-refractivity contribution is 5.95. The molecule has 0 aromatic heterocycles. The Hall–Kier alpha value is -3.35. The second-order valence-electron chi connectivity index (χ2n) is 6.86. The average molecular weight is 398 g/mol. The normalized spacial score (nSPS) is 10.3. The molecule has 0 radical (unpaired) electrons. The fourth-order valence-electron chi connectivity index (χ4n) is 2.55. The molecule has 0 aliphatic carbocycles. The molecule has 0 saturated heterocycles. The number of esters is 1. The molecule has 0 aliphatic rings. The SMILES string of the molecule is Cc1ccc(C(C)C)c(OCC(=O)OCC(=O)NC(=O)NCc2ccccc2)c1. The molecule has 0 aliphatic heterocycles. The fraction of sp³-hybridized carbons (Fsp3) is 0.318. The van der Waals surface area contributed by atoms with Crippen molar-refractivity contribution in [3.05, 3.63) is 65.2 Å². The molecule has 3 amide bonds. The van der Waals surface area contributed by atoms with Gasteiger partial charge in [-0.15, -0.1) is 0 Å². The van der Waals surface area contributed by atoms with Crippen LogP contribution in [0.15, 0.2) is 48.5 Å². The molecule has 0 atom stereocenters. The molecule has 0 saturated carbocycles. The zero-order valence-corrected chi connectivity index (χ0v) is 16.9. The standard InChI is InChI=1S/C22H26N2O5/c1-15(2)18-10-9-16(3)11-19(18)28-14-21(26)29-13-20(25)24-22(27)23-12-17-7-5-4-6-8-17/h4-11,15H,12-14H2,1-3H3,(H2,23,24,25,27). The van der Waals surface area contributed by atoms with Crippen LogP contribution in [0.4, 0.5) is 4.79 Å². The van der Waals surface area contributed by atoms with Gasteiger partial charge in [0, 0.05) is 6.54 Å². The number of nitrogens with one attached hydrogen (secondary N) is 2. The Kier molecular flexibility index (Phi) is 8.21. The topological polar surface area (TPSA) is 93.7 Å². The van der Waals surface area contributed by atoms with Gasteiger partial charge in [-0.05, 0) is 35.6 Å². The Labute approximate surface area is 170 Å². The Morgan fingerprint density at radius 3 is 2.41 bits per heavy atom. The van der Waals surface area contributed by atoms with Crippen LogP contribution in [0.3, 0.4) is 0 Å². The van der Waals surface area contributed by atoms with E-state index in [0.717, 1.165) is 16.7 Å². The molecule has 7 heteroatoms. The van der Waals surface area contributed by atoms with Crippen LogP contribution in [0.5, 0.6) is 5.75 Å². The number of amides is 3. The van der Waals surface area contributed by atoms with Crippen LogP contribution in [0, 0.1) is 6.92 Å². The summed E-state index contributed by atoms with van der Waals surface area (Å²) in [4.78, 5) is 35.3. The van der Waals surface area contributed by atoms with E-state index >= 15 is 0 Å². The average Bonchev–Trinajstić information content (AvgIpc) is 2.69. The van der Waals surface area contributed by atoms with E-state index in [1.165, 1.54) is 0 Å². The molecular weight excluding hydrogens is 372 g/mol. The summed E-state index contributed by atoms with van der Waals surface area (Å²) >= 11 is 0. The summed E-state index contributed by atoms with van der Waals surface area (Å²) in [6.45, 7) is 5.39. The van der Waals surface area contributed by atoms with Crippen molar-refractivity contribution in [1.82, 2.24) is 10.6 Å². The van der Waals surface area contributed by atoms with Crippen molar-refractivity contribution in [3.8, 4) is 5.75 Å². The van der Waals surface area contributed by atoms with Crippen LogP contribution in [0.1, 0.15) is 36.5 Å². The second kappa shape index (κ2) is 10.8. The van der Waals surface area contributed by atoms with Gasteiger partial charge in [-0.2, -0.15) is 0 Å². The molecule has 0 bridgehead atoms. The van der Waals surface area contributed by atoms with Crippen molar-refractivity contribution < 1.29 is 23.9 Å². The van der Waals surface area contributed by atoms with E-state index in [1.807, 2.05) is 69.3 Å². The number of benzene rings is 2. The number of ether oxygens (including phenoxy) is 2. The first-order valence-corrected chi connectivity index (χ1v) is 9.35. The molecule has 0 unspecified atom stereocenters. The van der Waals surface area contributed by atoms with Gasteiger partial charge in [-0.1, -0.05) is 56.3 Å². The van der Waals surface area contributed by atoms with E-state index in [1.54, 1.807) is 0 Å². The number of rotatable bonds is 8. The first-order chi connectivity index (χ1) is 13.8. The van der Waals surface area contributed by atoms with Crippen molar-refractivity contribution in [1.29, 1.82) is 0 Å². The predicted molar refractivity (Wildman–Crippen MR) is 109 cm³/mol. The third kappa shape index (κ3) is 7.65. The molecule has 2 rings (SSSR count). The van der Waals surface area contributed by atoms with Gasteiger partial charge in [0.05, 0.1) is 0 Å². The summed E-state index contributed by atoms with van der Waals surface area (Å²) in [5.74, 6) is -0.563. The van der Waals surface area contributed by atoms with Crippen LogP contribution >= 0.6 is 0 Å². The molecule has 2 aromatic carbocycles. The van der Waals surface area contributed by atoms with E-state index in [2.05, 4.69) is 10.6 Å². The molecule has 0 spiro atoms. The first-order valence-electron chi connectivity index (χ1n) is 9.35. The quantitative estimate of drug-likeness (QED) is 0.667. The van der Waals surface area contributed by atoms with Crippen LogP contribution in [-0.2, 0) is 20.9 Å². The summed E-state index contributed by atoms with van der Waals surface area (Å²) in [6.07, 6.45) is 0. The van der Waals surface area contributed by atoms with Gasteiger partial charge in [-0.25, -0.2) is 9.59 Å². The molecule has 0 heterocycles. The lowest BCUT2D eigenvalue weighted by Crippen LogP contribution is -2.41. The minimum absolute atomic E-state index is 0.238. The zero-order chi connectivity index (χ0) is 21.2. The number of hydrogen-bond donors (Lipinski definition) is 2. The fourth-order valence-corrected chi connectivity index (χ4v) is 2.55. The highest BCUT2D eigenvalue weighted by Gasteiger charge is 2.13. The Morgan fingerprint density at radius 2 is 1.72 bits per heavy atom. The Balaban J connectivity index is 1.71. The van der Waals surface area contributed by atoms with Gasteiger partial charge >= 0.3 is 12.0 Å². The maximum absolute atomic E-state index is 11.9. The van der Waals surface area contributed by atoms with E-state index in [-0.39, 0.29) is 19.1 Å². The maximum Gasteiger partial charge on any atom is 0.344 e.